The maximum absolute atomic E-state index is 12.0. The second kappa shape index (κ2) is 6.16. The van der Waals surface area contributed by atoms with Crippen LogP contribution in [-0.2, 0) is 11.3 Å². The van der Waals surface area contributed by atoms with E-state index in [4.69, 9.17) is 4.74 Å². The fraction of sp³-hybridized carbons (Fsp3) is 0.643. The van der Waals surface area contributed by atoms with Gasteiger partial charge in [0.1, 0.15) is 0 Å². The first-order valence-corrected chi connectivity index (χ1v) is 6.37. The van der Waals surface area contributed by atoms with Crippen molar-refractivity contribution in [1.82, 2.24) is 9.88 Å². The highest BCUT2D eigenvalue weighted by atomic mass is 16.5. The molecule has 102 valence electrons. The Hall–Kier alpha value is -1.13. The Morgan fingerprint density at radius 2 is 2.17 bits per heavy atom. The molecule has 1 rings (SSSR count). The topological polar surface area (TPSA) is 43.3 Å². The molecule has 4 heteroatoms. The molecular weight excluding hydrogens is 228 g/mol. The van der Waals surface area contributed by atoms with E-state index in [-0.39, 0.29) is 17.2 Å². The first kappa shape index (κ1) is 14.9. The fourth-order valence-electron chi connectivity index (χ4n) is 1.92. The van der Waals surface area contributed by atoms with E-state index in [0.29, 0.717) is 6.54 Å². The molecule has 1 atom stereocenters. The zero-order valence-corrected chi connectivity index (χ0v) is 12.0. The van der Waals surface area contributed by atoms with Crippen LogP contribution in [0.15, 0.2) is 23.1 Å². The third-order valence-electron chi connectivity index (χ3n) is 3.41. The quantitative estimate of drug-likeness (QED) is 0.835. The fourth-order valence-corrected chi connectivity index (χ4v) is 1.92. The lowest BCUT2D eigenvalue weighted by molar-refractivity contribution is -0.0147. The highest BCUT2D eigenvalue weighted by Crippen LogP contribution is 2.15. The van der Waals surface area contributed by atoms with Crippen molar-refractivity contribution < 1.29 is 4.74 Å². The number of aryl methyl sites for hydroxylation is 1. The van der Waals surface area contributed by atoms with Gasteiger partial charge in [0.25, 0.3) is 5.56 Å². The van der Waals surface area contributed by atoms with Gasteiger partial charge in [0.15, 0.2) is 0 Å². The van der Waals surface area contributed by atoms with Gasteiger partial charge < -0.3 is 14.6 Å². The number of methoxy groups -OCH3 is 1. The zero-order chi connectivity index (χ0) is 13.8. The van der Waals surface area contributed by atoms with E-state index in [1.165, 1.54) is 0 Å². The molecular formula is C14H24N2O2. The summed E-state index contributed by atoms with van der Waals surface area (Å²) in [5.74, 6) is 0. The second-order valence-electron chi connectivity index (χ2n) is 5.07. The van der Waals surface area contributed by atoms with Gasteiger partial charge in [-0.05, 0) is 33.4 Å². The Bertz CT molecular complexity index is 438. The summed E-state index contributed by atoms with van der Waals surface area (Å²) in [7, 11) is 1.70. The Morgan fingerprint density at radius 3 is 2.72 bits per heavy atom. The first-order valence-electron chi connectivity index (χ1n) is 6.37. The van der Waals surface area contributed by atoms with Crippen LogP contribution in [0.25, 0.3) is 0 Å². The van der Waals surface area contributed by atoms with Gasteiger partial charge in [-0.25, -0.2) is 0 Å². The predicted octanol–water partition coefficient (Wildman–Crippen LogP) is 1.56. The van der Waals surface area contributed by atoms with Crippen LogP contribution in [0.1, 0.15) is 26.3 Å². The molecule has 18 heavy (non-hydrogen) atoms. The smallest absolute Gasteiger partial charge is 0.253 e. The first-order chi connectivity index (χ1) is 8.42. The third kappa shape index (κ3) is 3.43. The van der Waals surface area contributed by atoms with Crippen LogP contribution in [0.2, 0.25) is 0 Å². The van der Waals surface area contributed by atoms with Crippen molar-refractivity contribution in [1.29, 1.82) is 0 Å². The Kier molecular flexibility index (Phi) is 5.11. The molecule has 0 saturated carbocycles. The van der Waals surface area contributed by atoms with Crippen LogP contribution in [0.3, 0.4) is 0 Å². The molecule has 0 bridgehead atoms. The molecule has 0 radical (unpaired) electrons. The number of aromatic nitrogens is 1. The lowest BCUT2D eigenvalue weighted by Gasteiger charge is -2.34. The molecule has 0 spiro atoms. The van der Waals surface area contributed by atoms with Gasteiger partial charge in [-0.15, -0.1) is 0 Å². The molecule has 0 aliphatic heterocycles. The number of hydrogen-bond acceptors (Lipinski definition) is 3. The maximum atomic E-state index is 12.0. The largest absolute Gasteiger partial charge is 0.377 e. The summed E-state index contributed by atoms with van der Waals surface area (Å²) >= 11 is 0. The summed E-state index contributed by atoms with van der Waals surface area (Å²) < 4.78 is 7.26. The van der Waals surface area contributed by atoms with Crippen LogP contribution < -0.4 is 10.9 Å². The van der Waals surface area contributed by atoms with E-state index >= 15 is 0 Å². The molecule has 1 aromatic rings. The molecule has 0 aliphatic carbocycles. The van der Waals surface area contributed by atoms with Crippen molar-refractivity contribution in [2.75, 3.05) is 13.7 Å². The molecule has 1 aromatic heterocycles. The van der Waals surface area contributed by atoms with Crippen LogP contribution >= 0.6 is 0 Å². The van der Waals surface area contributed by atoms with Crippen molar-refractivity contribution in [3.8, 4) is 0 Å². The number of nitrogens with one attached hydrogen (secondary N) is 1. The second-order valence-corrected chi connectivity index (χ2v) is 5.07. The van der Waals surface area contributed by atoms with Crippen LogP contribution in [0.4, 0.5) is 0 Å². The zero-order valence-electron chi connectivity index (χ0n) is 12.0. The van der Waals surface area contributed by atoms with Crippen LogP contribution in [0.5, 0.6) is 0 Å². The maximum Gasteiger partial charge on any atom is 0.253 e. The minimum atomic E-state index is -0.320. The number of ether oxygens (including phenoxy) is 1. The predicted molar refractivity (Wildman–Crippen MR) is 74.0 cm³/mol. The van der Waals surface area contributed by atoms with Gasteiger partial charge >= 0.3 is 0 Å². The van der Waals surface area contributed by atoms with E-state index in [0.717, 1.165) is 12.1 Å². The Labute approximate surface area is 109 Å². The third-order valence-corrected chi connectivity index (χ3v) is 3.41. The van der Waals surface area contributed by atoms with Crippen molar-refractivity contribution in [2.24, 2.45) is 0 Å². The van der Waals surface area contributed by atoms with Gasteiger partial charge in [0.2, 0.25) is 0 Å². The van der Waals surface area contributed by atoms with Gasteiger partial charge in [0.05, 0.1) is 11.6 Å². The number of nitrogens with zero attached hydrogens (tertiary/aromatic N) is 1. The molecule has 0 saturated heterocycles. The molecule has 0 amide bonds. The van der Waals surface area contributed by atoms with Gasteiger partial charge in [0, 0.05) is 25.4 Å². The Balaban J connectivity index is 2.97. The summed E-state index contributed by atoms with van der Waals surface area (Å²) in [6.45, 7) is 9.40. The van der Waals surface area contributed by atoms with Gasteiger partial charge in [-0.3, -0.25) is 4.79 Å². The summed E-state index contributed by atoms with van der Waals surface area (Å²) in [5.41, 5.74) is 0.509. The molecule has 1 heterocycles. The standard InChI is InChI=1S/C14H24N2O2/c1-6-15-12(14(3,4)18-5)10-16-9-7-8-11(2)13(16)17/h7-9,12,15H,6,10H2,1-5H3. The number of pyridine rings is 1. The normalized spacial score (nSPS) is 13.6. The Morgan fingerprint density at radius 1 is 1.50 bits per heavy atom. The molecule has 1 unspecified atom stereocenters. The molecule has 1 N–H and O–H groups in total. The molecule has 0 fully saturated rings. The average Bonchev–Trinajstić information content (AvgIpc) is 2.34. The van der Waals surface area contributed by atoms with Crippen LogP contribution in [-0.4, -0.2) is 29.9 Å². The molecule has 4 nitrogen and oxygen atoms in total. The number of hydrogen-bond donors (Lipinski definition) is 1. The monoisotopic (exact) mass is 252 g/mol. The summed E-state index contributed by atoms with van der Waals surface area (Å²) in [5, 5.41) is 3.38. The van der Waals surface area contributed by atoms with Crippen molar-refractivity contribution in [2.45, 2.75) is 45.9 Å². The van der Waals surface area contributed by atoms with Crippen molar-refractivity contribution >= 4 is 0 Å². The lowest BCUT2D eigenvalue weighted by Crippen LogP contribution is -2.51. The highest BCUT2D eigenvalue weighted by Gasteiger charge is 2.29. The van der Waals surface area contributed by atoms with E-state index in [2.05, 4.69) is 12.2 Å². The van der Waals surface area contributed by atoms with E-state index in [1.807, 2.05) is 39.1 Å². The lowest BCUT2D eigenvalue weighted by atomic mass is 9.98. The summed E-state index contributed by atoms with van der Waals surface area (Å²) in [4.78, 5) is 12.0. The highest BCUT2D eigenvalue weighted by molar-refractivity contribution is 5.08. The van der Waals surface area contributed by atoms with E-state index in [1.54, 1.807) is 11.7 Å². The number of rotatable bonds is 6. The molecule has 0 aliphatic rings. The summed E-state index contributed by atoms with van der Waals surface area (Å²) in [6.07, 6.45) is 1.82. The van der Waals surface area contributed by atoms with Crippen molar-refractivity contribution in [3.63, 3.8) is 0 Å². The van der Waals surface area contributed by atoms with Crippen molar-refractivity contribution in [3.05, 3.63) is 34.2 Å². The van der Waals surface area contributed by atoms with E-state index < -0.39 is 0 Å². The minimum absolute atomic E-state index is 0.0623. The SMILES string of the molecule is CCNC(Cn1cccc(C)c1=O)C(C)(C)OC. The number of likely N-dealkylation sites (N-methyl/N-ethyl adjacent to an activating group) is 1. The van der Waals surface area contributed by atoms with E-state index in [9.17, 15) is 4.79 Å². The average molecular weight is 252 g/mol. The van der Waals surface area contributed by atoms with Gasteiger partial charge in [-0.1, -0.05) is 13.0 Å². The summed E-state index contributed by atoms with van der Waals surface area (Å²) in [6, 6.07) is 3.83. The molecule has 0 aromatic carbocycles. The minimum Gasteiger partial charge on any atom is -0.377 e. The van der Waals surface area contributed by atoms with Crippen LogP contribution in [0, 0.1) is 6.92 Å². The van der Waals surface area contributed by atoms with Gasteiger partial charge in [-0.2, -0.15) is 0 Å².